The van der Waals surface area contributed by atoms with Gasteiger partial charge in [-0.2, -0.15) is 0 Å². The van der Waals surface area contributed by atoms with E-state index in [9.17, 15) is 9.90 Å². The molecule has 0 aliphatic carbocycles. The number of amides is 1. The lowest BCUT2D eigenvalue weighted by Gasteiger charge is -2.38. The second-order valence-electron chi connectivity index (χ2n) is 5.64. The molecule has 106 valence electrons. The molecule has 0 fully saturated rings. The molecule has 19 heavy (non-hydrogen) atoms. The first-order valence-electron chi connectivity index (χ1n) is 6.00. The van der Waals surface area contributed by atoms with Gasteiger partial charge < -0.3 is 10.4 Å². The van der Waals surface area contributed by atoms with Crippen LogP contribution in [0.4, 0.5) is 0 Å². The van der Waals surface area contributed by atoms with Crippen LogP contribution >= 0.6 is 23.2 Å². The predicted octanol–water partition coefficient (Wildman–Crippen LogP) is 3.20. The summed E-state index contributed by atoms with van der Waals surface area (Å²) in [6.07, 6.45) is 0.148. The highest BCUT2D eigenvalue weighted by Crippen LogP contribution is 2.23. The number of benzene rings is 1. The molecule has 1 aromatic carbocycles. The maximum atomic E-state index is 12.0. The first-order valence-corrected chi connectivity index (χ1v) is 6.76. The van der Waals surface area contributed by atoms with Gasteiger partial charge in [-0.25, -0.2) is 0 Å². The first kappa shape index (κ1) is 16.3. The number of rotatable bonds is 4. The standard InChI is InChI=1S/C14H19Cl2NO2/c1-13(2,14(3,4)19)17-12(18)7-9-5-6-10(15)8-11(9)16/h5-6,8,19H,7H2,1-4H3,(H,17,18). The Labute approximate surface area is 123 Å². The molecule has 0 atom stereocenters. The zero-order chi connectivity index (χ0) is 14.8. The third-order valence-electron chi connectivity index (χ3n) is 3.35. The van der Waals surface area contributed by atoms with E-state index in [0.29, 0.717) is 15.6 Å². The molecule has 0 aliphatic rings. The lowest BCUT2D eigenvalue weighted by Crippen LogP contribution is -2.58. The van der Waals surface area contributed by atoms with E-state index in [0.717, 1.165) is 0 Å². The number of hydrogen-bond acceptors (Lipinski definition) is 2. The van der Waals surface area contributed by atoms with E-state index < -0.39 is 11.1 Å². The summed E-state index contributed by atoms with van der Waals surface area (Å²) < 4.78 is 0. The summed E-state index contributed by atoms with van der Waals surface area (Å²) >= 11 is 11.8. The number of aliphatic hydroxyl groups is 1. The van der Waals surface area contributed by atoms with Gasteiger partial charge in [0.2, 0.25) is 5.91 Å². The van der Waals surface area contributed by atoms with Gasteiger partial charge in [-0.1, -0.05) is 29.3 Å². The van der Waals surface area contributed by atoms with Gasteiger partial charge >= 0.3 is 0 Å². The molecule has 0 saturated heterocycles. The fourth-order valence-electron chi connectivity index (χ4n) is 1.38. The molecule has 5 heteroatoms. The van der Waals surface area contributed by atoms with Crippen LogP contribution in [0, 0.1) is 0 Å². The summed E-state index contributed by atoms with van der Waals surface area (Å²) in [5, 5.41) is 13.8. The first-order chi connectivity index (χ1) is 8.53. The Bertz CT molecular complexity index is 479. The Kier molecular flexibility index (Phi) is 4.88. The van der Waals surface area contributed by atoms with Crippen LogP contribution < -0.4 is 5.32 Å². The third-order valence-corrected chi connectivity index (χ3v) is 3.93. The Morgan fingerprint density at radius 3 is 2.32 bits per heavy atom. The number of carbonyl (C=O) groups excluding carboxylic acids is 1. The average Bonchev–Trinajstić information content (AvgIpc) is 2.19. The van der Waals surface area contributed by atoms with Gasteiger partial charge in [0.05, 0.1) is 17.6 Å². The molecule has 0 spiro atoms. The number of halogens is 2. The van der Waals surface area contributed by atoms with Crippen molar-refractivity contribution < 1.29 is 9.90 Å². The van der Waals surface area contributed by atoms with Crippen LogP contribution in [-0.4, -0.2) is 22.2 Å². The van der Waals surface area contributed by atoms with Crippen LogP contribution in [0.5, 0.6) is 0 Å². The van der Waals surface area contributed by atoms with Crippen molar-refractivity contribution in [3.63, 3.8) is 0 Å². The van der Waals surface area contributed by atoms with E-state index in [1.165, 1.54) is 0 Å². The monoisotopic (exact) mass is 303 g/mol. The van der Waals surface area contributed by atoms with Gasteiger partial charge in [0.25, 0.3) is 0 Å². The molecular formula is C14H19Cl2NO2. The van der Waals surface area contributed by atoms with Gasteiger partial charge in [-0.15, -0.1) is 0 Å². The molecule has 2 N–H and O–H groups in total. The van der Waals surface area contributed by atoms with Gasteiger partial charge in [0, 0.05) is 10.0 Å². The largest absolute Gasteiger partial charge is 0.388 e. The van der Waals surface area contributed by atoms with E-state index in [-0.39, 0.29) is 12.3 Å². The second kappa shape index (κ2) is 5.70. The van der Waals surface area contributed by atoms with E-state index >= 15 is 0 Å². The molecule has 0 saturated carbocycles. The highest BCUT2D eigenvalue weighted by Gasteiger charge is 2.36. The zero-order valence-corrected chi connectivity index (χ0v) is 13.1. The molecular weight excluding hydrogens is 285 g/mol. The van der Waals surface area contributed by atoms with Crippen molar-refractivity contribution in [3.8, 4) is 0 Å². The maximum absolute atomic E-state index is 12.0. The third kappa shape index (κ3) is 4.37. The van der Waals surface area contributed by atoms with Crippen molar-refractivity contribution in [2.24, 2.45) is 0 Å². The second-order valence-corrected chi connectivity index (χ2v) is 6.49. The van der Waals surface area contributed by atoms with Crippen molar-refractivity contribution in [2.75, 3.05) is 0 Å². The minimum absolute atomic E-state index is 0.148. The SMILES string of the molecule is CC(C)(O)C(C)(C)NC(=O)Cc1ccc(Cl)cc1Cl. The fraction of sp³-hybridized carbons (Fsp3) is 0.500. The van der Waals surface area contributed by atoms with Crippen LogP contribution in [0.3, 0.4) is 0 Å². The molecule has 0 aromatic heterocycles. The topological polar surface area (TPSA) is 49.3 Å². The van der Waals surface area contributed by atoms with Crippen molar-refractivity contribution in [2.45, 2.75) is 45.3 Å². The zero-order valence-electron chi connectivity index (χ0n) is 11.6. The van der Waals surface area contributed by atoms with Crippen molar-refractivity contribution in [1.82, 2.24) is 5.32 Å². The highest BCUT2D eigenvalue weighted by molar-refractivity contribution is 6.35. The van der Waals surface area contributed by atoms with Crippen LogP contribution in [0.25, 0.3) is 0 Å². The minimum Gasteiger partial charge on any atom is -0.388 e. The van der Waals surface area contributed by atoms with Crippen LogP contribution in [-0.2, 0) is 11.2 Å². The van der Waals surface area contributed by atoms with Crippen molar-refractivity contribution >= 4 is 29.1 Å². The summed E-state index contributed by atoms with van der Waals surface area (Å²) in [6, 6.07) is 5.02. The lowest BCUT2D eigenvalue weighted by molar-refractivity contribution is -0.125. The quantitative estimate of drug-likeness (QED) is 0.897. The molecule has 0 unspecified atom stereocenters. The molecule has 1 aromatic rings. The van der Waals surface area contributed by atoms with E-state index in [2.05, 4.69) is 5.32 Å². The number of hydrogen-bond donors (Lipinski definition) is 2. The molecule has 1 rings (SSSR count). The predicted molar refractivity (Wildman–Crippen MR) is 78.7 cm³/mol. The smallest absolute Gasteiger partial charge is 0.224 e. The molecule has 3 nitrogen and oxygen atoms in total. The van der Waals surface area contributed by atoms with Gasteiger partial charge in [0.1, 0.15) is 0 Å². The summed E-state index contributed by atoms with van der Waals surface area (Å²) in [5.41, 5.74) is -1.05. The van der Waals surface area contributed by atoms with Gasteiger partial charge in [-0.3, -0.25) is 4.79 Å². The fourth-order valence-corrected chi connectivity index (χ4v) is 1.86. The summed E-state index contributed by atoms with van der Waals surface area (Å²) in [5.74, 6) is -0.198. The molecule has 0 radical (unpaired) electrons. The average molecular weight is 304 g/mol. The van der Waals surface area contributed by atoms with E-state index in [1.807, 2.05) is 0 Å². The van der Waals surface area contributed by atoms with Crippen LogP contribution in [0.15, 0.2) is 18.2 Å². The molecule has 1 amide bonds. The Balaban J connectivity index is 2.76. The maximum Gasteiger partial charge on any atom is 0.224 e. The Morgan fingerprint density at radius 1 is 1.26 bits per heavy atom. The molecule has 0 bridgehead atoms. The normalized spacial score (nSPS) is 12.4. The Hall–Kier alpha value is -0.770. The summed E-state index contributed by atoms with van der Waals surface area (Å²) in [4.78, 5) is 12.0. The summed E-state index contributed by atoms with van der Waals surface area (Å²) in [6.45, 7) is 6.85. The van der Waals surface area contributed by atoms with Gasteiger partial charge in [0.15, 0.2) is 0 Å². The van der Waals surface area contributed by atoms with Gasteiger partial charge in [-0.05, 0) is 45.4 Å². The van der Waals surface area contributed by atoms with Crippen molar-refractivity contribution in [1.29, 1.82) is 0 Å². The molecule has 0 heterocycles. The number of carbonyl (C=O) groups is 1. The van der Waals surface area contributed by atoms with E-state index in [4.69, 9.17) is 23.2 Å². The van der Waals surface area contributed by atoms with Crippen LogP contribution in [0.2, 0.25) is 10.0 Å². The Morgan fingerprint density at radius 2 is 1.84 bits per heavy atom. The molecule has 0 aliphatic heterocycles. The minimum atomic E-state index is -1.02. The van der Waals surface area contributed by atoms with Crippen LogP contribution in [0.1, 0.15) is 33.3 Å². The van der Waals surface area contributed by atoms with E-state index in [1.54, 1.807) is 45.9 Å². The highest BCUT2D eigenvalue weighted by atomic mass is 35.5. The summed E-state index contributed by atoms with van der Waals surface area (Å²) in [7, 11) is 0. The lowest BCUT2D eigenvalue weighted by atomic mass is 9.86. The van der Waals surface area contributed by atoms with Crippen molar-refractivity contribution in [3.05, 3.63) is 33.8 Å². The number of nitrogens with one attached hydrogen (secondary N) is 1.